The molecule has 2 amide bonds. The number of rotatable bonds is 8. The van der Waals surface area contributed by atoms with Crippen molar-refractivity contribution in [3.05, 3.63) is 71.3 Å². The number of halogens is 3. The molecule has 34 heavy (non-hydrogen) atoms. The maximum absolute atomic E-state index is 12.9. The van der Waals surface area contributed by atoms with Crippen molar-refractivity contribution in [3.8, 4) is 0 Å². The van der Waals surface area contributed by atoms with Crippen LogP contribution in [0.25, 0.3) is 0 Å². The van der Waals surface area contributed by atoms with Gasteiger partial charge in [-0.05, 0) is 42.2 Å². The molecule has 0 saturated carbocycles. The minimum Gasteiger partial charge on any atom is -0.375 e. The summed E-state index contributed by atoms with van der Waals surface area (Å²) in [5.41, 5.74) is 0.438. The number of alkyl halides is 3. The van der Waals surface area contributed by atoms with Crippen LogP contribution in [-0.2, 0) is 22.3 Å². The van der Waals surface area contributed by atoms with Crippen LogP contribution < -0.4 is 0 Å². The summed E-state index contributed by atoms with van der Waals surface area (Å²) in [7, 11) is 0. The van der Waals surface area contributed by atoms with E-state index in [9.17, 15) is 22.8 Å². The summed E-state index contributed by atoms with van der Waals surface area (Å²) in [6.45, 7) is 5.94. The Morgan fingerprint density at radius 2 is 1.68 bits per heavy atom. The number of hydrogen-bond donors (Lipinski definition) is 0. The standard InChI is InChI=1S/C26H31F3N2O3/c1-19(2)16-23(18-34-17-20-6-4-3-5-7-20)31-15-14-30(13-12-24(31)32)25(33)21-8-10-22(11-9-21)26(27,28)29/h3-11,19,23H,12-18H2,1-2H3. The van der Waals surface area contributed by atoms with Gasteiger partial charge in [0.15, 0.2) is 0 Å². The van der Waals surface area contributed by atoms with Gasteiger partial charge < -0.3 is 14.5 Å². The molecule has 2 aromatic rings. The number of carbonyl (C=O) groups is 2. The number of carbonyl (C=O) groups excluding carboxylic acids is 2. The van der Waals surface area contributed by atoms with Crippen molar-refractivity contribution >= 4 is 11.8 Å². The van der Waals surface area contributed by atoms with Crippen LogP contribution in [0.5, 0.6) is 0 Å². The molecule has 8 heteroatoms. The number of ether oxygens (including phenoxy) is 1. The monoisotopic (exact) mass is 476 g/mol. The summed E-state index contributed by atoms with van der Waals surface area (Å²) < 4.78 is 44.4. The van der Waals surface area contributed by atoms with Crippen LogP contribution in [0.4, 0.5) is 13.2 Å². The zero-order valence-corrected chi connectivity index (χ0v) is 19.6. The Bertz CT molecular complexity index is 946. The Hall–Kier alpha value is -2.87. The van der Waals surface area contributed by atoms with Crippen LogP contribution in [0.15, 0.2) is 54.6 Å². The van der Waals surface area contributed by atoms with Gasteiger partial charge in [-0.15, -0.1) is 0 Å². The van der Waals surface area contributed by atoms with E-state index in [1.807, 2.05) is 30.3 Å². The summed E-state index contributed by atoms with van der Waals surface area (Å²) in [6, 6.07) is 13.9. The first-order valence-electron chi connectivity index (χ1n) is 11.5. The minimum atomic E-state index is -4.45. The van der Waals surface area contributed by atoms with E-state index >= 15 is 0 Å². The van der Waals surface area contributed by atoms with Gasteiger partial charge in [0.1, 0.15) is 0 Å². The van der Waals surface area contributed by atoms with Crippen molar-refractivity contribution in [1.82, 2.24) is 9.80 Å². The van der Waals surface area contributed by atoms with Crippen LogP contribution in [0.1, 0.15) is 48.2 Å². The lowest BCUT2D eigenvalue weighted by atomic mass is 10.0. The van der Waals surface area contributed by atoms with Crippen LogP contribution in [-0.4, -0.2) is 53.9 Å². The molecule has 1 aliphatic rings. The Balaban J connectivity index is 1.64. The predicted molar refractivity (Wildman–Crippen MR) is 123 cm³/mol. The largest absolute Gasteiger partial charge is 0.416 e. The zero-order chi connectivity index (χ0) is 24.7. The second-order valence-corrected chi connectivity index (χ2v) is 8.99. The Morgan fingerprint density at radius 1 is 1.00 bits per heavy atom. The van der Waals surface area contributed by atoms with Gasteiger partial charge in [0, 0.05) is 31.6 Å². The SMILES string of the molecule is CC(C)CC(COCc1ccccc1)N1CCN(C(=O)c2ccc(C(F)(F)F)cc2)CCC1=O. The van der Waals surface area contributed by atoms with Crippen molar-refractivity contribution in [2.45, 2.75) is 45.5 Å². The van der Waals surface area contributed by atoms with Crippen molar-refractivity contribution in [3.63, 3.8) is 0 Å². The highest BCUT2D eigenvalue weighted by Crippen LogP contribution is 2.29. The van der Waals surface area contributed by atoms with Gasteiger partial charge in [-0.3, -0.25) is 9.59 Å². The molecule has 0 bridgehead atoms. The van der Waals surface area contributed by atoms with Gasteiger partial charge in [0.05, 0.1) is 24.8 Å². The molecular formula is C26H31F3N2O3. The normalized spacial score (nSPS) is 16.0. The molecule has 0 spiro atoms. The topological polar surface area (TPSA) is 49.9 Å². The van der Waals surface area contributed by atoms with Crippen molar-refractivity contribution in [1.29, 1.82) is 0 Å². The van der Waals surface area contributed by atoms with E-state index in [1.165, 1.54) is 17.0 Å². The van der Waals surface area contributed by atoms with E-state index in [1.54, 1.807) is 4.90 Å². The molecule has 5 nitrogen and oxygen atoms in total. The second kappa shape index (κ2) is 11.5. The highest BCUT2D eigenvalue weighted by Gasteiger charge is 2.32. The summed E-state index contributed by atoms with van der Waals surface area (Å²) >= 11 is 0. The van der Waals surface area contributed by atoms with E-state index in [0.29, 0.717) is 32.2 Å². The van der Waals surface area contributed by atoms with Crippen molar-refractivity contribution in [2.24, 2.45) is 5.92 Å². The quantitative estimate of drug-likeness (QED) is 0.538. The summed E-state index contributed by atoms with van der Waals surface area (Å²) in [4.78, 5) is 29.2. The Morgan fingerprint density at radius 3 is 2.29 bits per heavy atom. The zero-order valence-electron chi connectivity index (χ0n) is 19.6. The molecule has 2 aromatic carbocycles. The van der Waals surface area contributed by atoms with Crippen LogP contribution in [0.3, 0.4) is 0 Å². The lowest BCUT2D eigenvalue weighted by Gasteiger charge is -2.32. The maximum atomic E-state index is 12.9. The van der Waals surface area contributed by atoms with E-state index in [2.05, 4.69) is 13.8 Å². The lowest BCUT2D eigenvalue weighted by molar-refractivity contribution is -0.137. The first-order chi connectivity index (χ1) is 16.1. The molecular weight excluding hydrogens is 445 g/mol. The highest BCUT2D eigenvalue weighted by molar-refractivity contribution is 5.94. The third-order valence-electron chi connectivity index (χ3n) is 5.88. The van der Waals surface area contributed by atoms with Gasteiger partial charge in [-0.25, -0.2) is 0 Å². The van der Waals surface area contributed by atoms with Crippen LogP contribution in [0.2, 0.25) is 0 Å². The van der Waals surface area contributed by atoms with E-state index in [-0.39, 0.29) is 36.4 Å². The van der Waals surface area contributed by atoms with Crippen molar-refractivity contribution < 1.29 is 27.5 Å². The first kappa shape index (κ1) is 25.7. The fourth-order valence-electron chi connectivity index (χ4n) is 4.13. The number of benzene rings is 2. The average molecular weight is 477 g/mol. The summed E-state index contributed by atoms with van der Waals surface area (Å²) in [5, 5.41) is 0. The smallest absolute Gasteiger partial charge is 0.375 e. The van der Waals surface area contributed by atoms with E-state index in [4.69, 9.17) is 4.74 Å². The molecule has 1 saturated heterocycles. The number of hydrogen-bond acceptors (Lipinski definition) is 3. The molecule has 184 valence electrons. The van der Waals surface area contributed by atoms with Gasteiger partial charge in [-0.2, -0.15) is 13.2 Å². The first-order valence-corrected chi connectivity index (χ1v) is 11.5. The molecule has 1 aliphatic heterocycles. The third kappa shape index (κ3) is 7.06. The number of amides is 2. The fraction of sp³-hybridized carbons (Fsp3) is 0.462. The Labute approximate surface area is 198 Å². The van der Waals surface area contributed by atoms with Gasteiger partial charge >= 0.3 is 6.18 Å². The maximum Gasteiger partial charge on any atom is 0.416 e. The highest BCUT2D eigenvalue weighted by atomic mass is 19.4. The van der Waals surface area contributed by atoms with Gasteiger partial charge in [0.2, 0.25) is 5.91 Å². The van der Waals surface area contributed by atoms with E-state index < -0.39 is 11.7 Å². The molecule has 0 N–H and O–H groups in total. The third-order valence-corrected chi connectivity index (χ3v) is 5.88. The summed E-state index contributed by atoms with van der Waals surface area (Å²) in [5.74, 6) is -0.0629. The molecule has 0 radical (unpaired) electrons. The minimum absolute atomic E-state index is 0.0447. The fourth-order valence-corrected chi connectivity index (χ4v) is 4.13. The molecule has 3 rings (SSSR count). The van der Waals surface area contributed by atoms with Gasteiger partial charge in [0.25, 0.3) is 5.91 Å². The molecule has 0 aliphatic carbocycles. The molecule has 1 unspecified atom stereocenters. The average Bonchev–Trinajstić information content (AvgIpc) is 2.99. The number of nitrogens with zero attached hydrogens (tertiary/aromatic N) is 2. The van der Waals surface area contributed by atoms with E-state index in [0.717, 1.165) is 24.1 Å². The molecule has 1 heterocycles. The second-order valence-electron chi connectivity index (χ2n) is 8.99. The summed E-state index contributed by atoms with van der Waals surface area (Å²) in [6.07, 6.45) is -3.52. The lowest BCUT2D eigenvalue weighted by Crippen LogP contribution is -2.45. The molecule has 0 aromatic heterocycles. The Kier molecular flexibility index (Phi) is 8.72. The molecule has 1 fully saturated rings. The molecule has 1 atom stereocenters. The van der Waals surface area contributed by atoms with Crippen LogP contribution in [0, 0.1) is 5.92 Å². The predicted octanol–water partition coefficient (Wildman–Crippen LogP) is 5.01. The van der Waals surface area contributed by atoms with Gasteiger partial charge in [-0.1, -0.05) is 44.2 Å². The van der Waals surface area contributed by atoms with Crippen LogP contribution >= 0.6 is 0 Å². The van der Waals surface area contributed by atoms with Crippen molar-refractivity contribution in [2.75, 3.05) is 26.2 Å².